The van der Waals surface area contributed by atoms with Gasteiger partial charge < -0.3 is 5.11 Å². The summed E-state index contributed by atoms with van der Waals surface area (Å²) in [7, 11) is 0. The van der Waals surface area contributed by atoms with Crippen molar-refractivity contribution in [1.82, 2.24) is 4.90 Å². The molecule has 0 bridgehead atoms. The molecule has 0 radical (unpaired) electrons. The van der Waals surface area contributed by atoms with Gasteiger partial charge in [0.15, 0.2) is 0 Å². The van der Waals surface area contributed by atoms with Crippen LogP contribution in [0.2, 0.25) is 10.0 Å². The van der Waals surface area contributed by atoms with E-state index in [0.717, 1.165) is 16.7 Å². The molecular formula is C17H15Cl2NO2. The molecule has 0 saturated heterocycles. The van der Waals surface area contributed by atoms with Crippen LogP contribution in [-0.4, -0.2) is 22.0 Å². The highest BCUT2D eigenvalue weighted by Crippen LogP contribution is 2.28. The maximum absolute atomic E-state index is 11.6. The first-order chi connectivity index (χ1) is 10.5. The Labute approximate surface area is 139 Å². The molecule has 2 aromatic carbocycles. The maximum Gasteiger partial charge on any atom is 0.321 e. The number of carboxylic acids is 1. The van der Waals surface area contributed by atoms with Crippen LogP contribution < -0.4 is 0 Å². The van der Waals surface area contributed by atoms with Crippen LogP contribution in [0.25, 0.3) is 0 Å². The first kappa shape index (κ1) is 15.3. The van der Waals surface area contributed by atoms with E-state index in [1.54, 1.807) is 0 Å². The molecule has 0 amide bonds. The topological polar surface area (TPSA) is 40.5 Å². The molecule has 0 saturated carbocycles. The SMILES string of the molecule is O=C(O)[C@H]1Cc2ccc(Cl)cc2CN1Cc1cccc(Cl)c1. The fourth-order valence-electron chi connectivity index (χ4n) is 2.89. The molecule has 0 spiro atoms. The van der Waals surface area contributed by atoms with Crippen molar-refractivity contribution in [1.29, 1.82) is 0 Å². The average Bonchev–Trinajstić information content (AvgIpc) is 2.46. The van der Waals surface area contributed by atoms with Crippen LogP contribution in [0.3, 0.4) is 0 Å². The van der Waals surface area contributed by atoms with Gasteiger partial charge in [-0.2, -0.15) is 0 Å². The highest BCUT2D eigenvalue weighted by molar-refractivity contribution is 6.30. The molecule has 5 heteroatoms. The first-order valence-corrected chi connectivity index (χ1v) is 7.77. The summed E-state index contributed by atoms with van der Waals surface area (Å²) in [5, 5.41) is 10.9. The van der Waals surface area contributed by atoms with Crippen LogP contribution in [-0.2, 0) is 24.3 Å². The summed E-state index contributed by atoms with van der Waals surface area (Å²) in [4.78, 5) is 13.6. The number of halogens is 2. The minimum atomic E-state index is -0.803. The van der Waals surface area contributed by atoms with Gasteiger partial charge >= 0.3 is 5.97 Å². The second kappa shape index (κ2) is 6.29. The van der Waals surface area contributed by atoms with Crippen LogP contribution in [0.15, 0.2) is 42.5 Å². The van der Waals surface area contributed by atoms with Gasteiger partial charge in [0, 0.05) is 23.1 Å². The number of carbonyl (C=O) groups is 1. The lowest BCUT2D eigenvalue weighted by atomic mass is 9.93. The van der Waals surface area contributed by atoms with Gasteiger partial charge in [0.05, 0.1) is 0 Å². The zero-order chi connectivity index (χ0) is 15.7. The molecule has 3 rings (SSSR count). The molecule has 1 N–H and O–H groups in total. The van der Waals surface area contributed by atoms with Gasteiger partial charge in [-0.05, 0) is 47.4 Å². The highest BCUT2D eigenvalue weighted by Gasteiger charge is 2.31. The molecule has 1 aliphatic rings. The summed E-state index contributed by atoms with van der Waals surface area (Å²) in [6.07, 6.45) is 0.488. The number of aliphatic carboxylic acids is 1. The normalized spacial score (nSPS) is 18.0. The van der Waals surface area contributed by atoms with Gasteiger partial charge in [0.1, 0.15) is 6.04 Å². The minimum absolute atomic E-state index is 0.488. The van der Waals surface area contributed by atoms with E-state index >= 15 is 0 Å². The summed E-state index contributed by atoms with van der Waals surface area (Å²) >= 11 is 12.1. The largest absolute Gasteiger partial charge is 0.480 e. The van der Waals surface area contributed by atoms with Gasteiger partial charge in [-0.25, -0.2) is 0 Å². The lowest BCUT2D eigenvalue weighted by molar-refractivity contribution is -0.144. The highest BCUT2D eigenvalue weighted by atomic mass is 35.5. The molecule has 0 aromatic heterocycles. The van der Waals surface area contributed by atoms with E-state index in [-0.39, 0.29) is 0 Å². The van der Waals surface area contributed by atoms with Crippen LogP contribution >= 0.6 is 23.2 Å². The Balaban J connectivity index is 1.89. The number of benzene rings is 2. The third-order valence-electron chi connectivity index (χ3n) is 3.96. The summed E-state index contributed by atoms with van der Waals surface area (Å²) in [6.45, 7) is 1.11. The van der Waals surface area contributed by atoms with Crippen molar-refractivity contribution in [2.45, 2.75) is 25.6 Å². The summed E-state index contributed by atoms with van der Waals surface area (Å²) in [5.74, 6) is -0.803. The second-order valence-electron chi connectivity index (χ2n) is 5.51. The summed E-state index contributed by atoms with van der Waals surface area (Å²) < 4.78 is 0. The van der Waals surface area contributed by atoms with E-state index in [1.165, 1.54) is 0 Å². The Bertz CT molecular complexity index is 718. The van der Waals surface area contributed by atoms with E-state index in [0.29, 0.717) is 29.6 Å². The Kier molecular flexibility index (Phi) is 4.39. The van der Waals surface area contributed by atoms with Gasteiger partial charge in [0.25, 0.3) is 0 Å². The molecule has 0 aliphatic carbocycles. The molecule has 0 unspecified atom stereocenters. The van der Waals surface area contributed by atoms with Crippen molar-refractivity contribution in [2.75, 3.05) is 0 Å². The lowest BCUT2D eigenvalue weighted by Crippen LogP contribution is -2.45. The van der Waals surface area contributed by atoms with Crippen molar-refractivity contribution in [2.24, 2.45) is 0 Å². The number of rotatable bonds is 3. The smallest absolute Gasteiger partial charge is 0.321 e. The molecular weight excluding hydrogens is 321 g/mol. The molecule has 2 aromatic rings. The quantitative estimate of drug-likeness (QED) is 0.921. The Morgan fingerprint density at radius 2 is 1.91 bits per heavy atom. The van der Waals surface area contributed by atoms with E-state index in [9.17, 15) is 9.90 Å². The van der Waals surface area contributed by atoms with Gasteiger partial charge in [-0.15, -0.1) is 0 Å². The minimum Gasteiger partial charge on any atom is -0.480 e. The summed E-state index contributed by atoms with van der Waals surface area (Å²) in [6, 6.07) is 12.6. The predicted molar refractivity (Wildman–Crippen MR) is 87.3 cm³/mol. The Morgan fingerprint density at radius 3 is 2.64 bits per heavy atom. The van der Waals surface area contributed by atoms with Crippen LogP contribution in [0.1, 0.15) is 16.7 Å². The standard InChI is InChI=1S/C17H15Cl2NO2/c18-14-3-1-2-11(6-14)9-20-10-13-7-15(19)5-4-12(13)8-16(20)17(21)22/h1-7,16H,8-10H2,(H,21,22)/t16-/m1/s1. The zero-order valence-electron chi connectivity index (χ0n) is 11.8. The van der Waals surface area contributed by atoms with Gasteiger partial charge in [-0.3, -0.25) is 9.69 Å². The number of fused-ring (bicyclic) bond motifs is 1. The summed E-state index contributed by atoms with van der Waals surface area (Å²) in [5.41, 5.74) is 3.15. The predicted octanol–water partition coefficient (Wildman–Crippen LogP) is 4.00. The van der Waals surface area contributed by atoms with E-state index in [2.05, 4.69) is 0 Å². The third kappa shape index (κ3) is 3.27. The van der Waals surface area contributed by atoms with Crippen molar-refractivity contribution >= 4 is 29.2 Å². The molecule has 22 heavy (non-hydrogen) atoms. The Hall–Kier alpha value is -1.55. The number of hydrogen-bond acceptors (Lipinski definition) is 2. The molecule has 1 atom stereocenters. The van der Waals surface area contributed by atoms with E-state index in [4.69, 9.17) is 23.2 Å². The number of carboxylic acid groups (broad SMARTS) is 1. The number of nitrogens with zero attached hydrogens (tertiary/aromatic N) is 1. The first-order valence-electron chi connectivity index (χ1n) is 7.01. The second-order valence-corrected chi connectivity index (χ2v) is 6.38. The van der Waals surface area contributed by atoms with Gasteiger partial charge in [0.2, 0.25) is 0 Å². The molecule has 3 nitrogen and oxygen atoms in total. The monoisotopic (exact) mass is 335 g/mol. The molecule has 1 aliphatic heterocycles. The van der Waals surface area contributed by atoms with E-state index < -0.39 is 12.0 Å². The average molecular weight is 336 g/mol. The van der Waals surface area contributed by atoms with E-state index in [1.807, 2.05) is 47.4 Å². The van der Waals surface area contributed by atoms with Crippen molar-refractivity contribution in [3.05, 3.63) is 69.2 Å². The number of hydrogen-bond donors (Lipinski definition) is 1. The maximum atomic E-state index is 11.6. The molecule has 1 heterocycles. The fourth-order valence-corrected chi connectivity index (χ4v) is 3.29. The third-order valence-corrected chi connectivity index (χ3v) is 4.43. The van der Waals surface area contributed by atoms with Crippen LogP contribution in [0.4, 0.5) is 0 Å². The van der Waals surface area contributed by atoms with Crippen LogP contribution in [0.5, 0.6) is 0 Å². The molecule has 0 fully saturated rings. The van der Waals surface area contributed by atoms with Crippen molar-refractivity contribution in [3.8, 4) is 0 Å². The van der Waals surface area contributed by atoms with Crippen LogP contribution in [0, 0.1) is 0 Å². The fraction of sp³-hybridized carbons (Fsp3) is 0.235. The molecule has 114 valence electrons. The zero-order valence-corrected chi connectivity index (χ0v) is 13.3. The van der Waals surface area contributed by atoms with Gasteiger partial charge in [-0.1, -0.05) is 41.4 Å². The van der Waals surface area contributed by atoms with Crippen molar-refractivity contribution < 1.29 is 9.90 Å². The Morgan fingerprint density at radius 1 is 1.14 bits per heavy atom. The van der Waals surface area contributed by atoms with Crippen molar-refractivity contribution in [3.63, 3.8) is 0 Å². The lowest BCUT2D eigenvalue weighted by Gasteiger charge is -2.34.